The minimum Gasteiger partial charge on any atom is -0.326 e. The van der Waals surface area contributed by atoms with Crippen molar-refractivity contribution < 1.29 is 19.2 Å². The summed E-state index contributed by atoms with van der Waals surface area (Å²) in [6.07, 6.45) is -0.147. The Bertz CT molecular complexity index is 580. The van der Waals surface area contributed by atoms with Gasteiger partial charge in [0.25, 0.3) is 5.91 Å². The van der Waals surface area contributed by atoms with Crippen molar-refractivity contribution >= 4 is 29.3 Å². The van der Waals surface area contributed by atoms with Crippen LogP contribution in [-0.4, -0.2) is 29.7 Å². The Balaban J connectivity index is 1.93. The molecule has 1 saturated heterocycles. The Morgan fingerprint density at radius 1 is 1.20 bits per heavy atom. The van der Waals surface area contributed by atoms with Crippen LogP contribution in [0.3, 0.4) is 0 Å². The van der Waals surface area contributed by atoms with Gasteiger partial charge in [0.05, 0.1) is 6.42 Å². The number of amides is 4. The molecule has 4 amide bonds. The van der Waals surface area contributed by atoms with Crippen LogP contribution in [0.5, 0.6) is 0 Å². The molecule has 7 heteroatoms. The second kappa shape index (κ2) is 5.52. The maximum Gasteiger partial charge on any atom is 0.322 e. The van der Waals surface area contributed by atoms with Gasteiger partial charge in [-0.3, -0.25) is 19.7 Å². The fraction of sp³-hybridized carbons (Fsp3) is 0.231. The molecule has 3 N–H and O–H groups in total. The van der Waals surface area contributed by atoms with Crippen molar-refractivity contribution in [2.24, 2.45) is 0 Å². The molecule has 1 heterocycles. The molecule has 0 aromatic heterocycles. The topological polar surface area (TPSA) is 104 Å². The van der Waals surface area contributed by atoms with E-state index in [0.29, 0.717) is 11.3 Å². The van der Waals surface area contributed by atoms with Crippen molar-refractivity contribution in [3.8, 4) is 0 Å². The lowest BCUT2D eigenvalue weighted by Gasteiger charge is -2.08. The molecule has 0 radical (unpaired) electrons. The molecule has 2 rings (SSSR count). The van der Waals surface area contributed by atoms with Gasteiger partial charge in [0, 0.05) is 11.3 Å². The van der Waals surface area contributed by atoms with E-state index in [9.17, 15) is 19.2 Å². The predicted molar refractivity (Wildman–Crippen MR) is 70.2 cm³/mol. The van der Waals surface area contributed by atoms with Crippen LogP contribution >= 0.6 is 0 Å². The number of rotatable bonds is 4. The first-order valence-electron chi connectivity index (χ1n) is 5.98. The maximum atomic E-state index is 11.7. The number of carbonyl (C=O) groups excluding carboxylic acids is 4. The third-order valence-corrected chi connectivity index (χ3v) is 2.82. The standard InChI is InChI=1S/C13H13N3O4/c1-7(17)8-2-4-9(5-3-8)14-11(18)6-10-12(19)16-13(20)15-10/h2-5,10H,6H2,1H3,(H,14,18)(H2,15,16,19,20). The number of anilines is 1. The second-order valence-electron chi connectivity index (χ2n) is 4.40. The molecule has 1 aromatic rings. The first kappa shape index (κ1) is 13.7. The van der Waals surface area contributed by atoms with Crippen LogP contribution in [0.25, 0.3) is 0 Å². The summed E-state index contributed by atoms with van der Waals surface area (Å²) in [6, 6.07) is 4.95. The van der Waals surface area contributed by atoms with Crippen LogP contribution in [0.2, 0.25) is 0 Å². The first-order chi connectivity index (χ1) is 9.45. The summed E-state index contributed by atoms with van der Waals surface area (Å²) in [6.45, 7) is 1.45. The molecular weight excluding hydrogens is 262 g/mol. The monoisotopic (exact) mass is 275 g/mol. The van der Waals surface area contributed by atoms with Gasteiger partial charge in [-0.2, -0.15) is 0 Å². The number of hydrogen-bond acceptors (Lipinski definition) is 4. The molecule has 1 atom stereocenters. The van der Waals surface area contributed by atoms with Gasteiger partial charge in [-0.25, -0.2) is 4.79 Å². The van der Waals surface area contributed by atoms with Crippen LogP contribution in [0.15, 0.2) is 24.3 Å². The van der Waals surface area contributed by atoms with Crippen LogP contribution in [0.1, 0.15) is 23.7 Å². The molecule has 0 saturated carbocycles. The molecule has 1 unspecified atom stereocenters. The van der Waals surface area contributed by atoms with E-state index in [1.807, 2.05) is 5.32 Å². The van der Waals surface area contributed by atoms with Crippen LogP contribution < -0.4 is 16.0 Å². The smallest absolute Gasteiger partial charge is 0.322 e. The zero-order valence-corrected chi connectivity index (χ0v) is 10.7. The van der Waals surface area contributed by atoms with Gasteiger partial charge in [0.15, 0.2) is 5.78 Å². The van der Waals surface area contributed by atoms with Crippen LogP contribution in [0, 0.1) is 0 Å². The van der Waals surface area contributed by atoms with E-state index in [-0.39, 0.29) is 12.2 Å². The van der Waals surface area contributed by atoms with Gasteiger partial charge in [-0.1, -0.05) is 0 Å². The molecule has 0 aliphatic carbocycles. The highest BCUT2D eigenvalue weighted by Gasteiger charge is 2.31. The van der Waals surface area contributed by atoms with Crippen molar-refractivity contribution in [2.75, 3.05) is 5.32 Å². The fourth-order valence-electron chi connectivity index (χ4n) is 1.79. The highest BCUT2D eigenvalue weighted by atomic mass is 16.2. The van der Waals surface area contributed by atoms with E-state index in [1.165, 1.54) is 6.92 Å². The summed E-state index contributed by atoms with van der Waals surface area (Å²) in [5.74, 6) is -0.979. The van der Waals surface area contributed by atoms with E-state index >= 15 is 0 Å². The third kappa shape index (κ3) is 3.19. The summed E-state index contributed by atoms with van der Waals surface area (Å²) in [4.78, 5) is 45.0. The Labute approximate surface area is 114 Å². The summed E-state index contributed by atoms with van der Waals surface area (Å²) >= 11 is 0. The maximum absolute atomic E-state index is 11.7. The van der Waals surface area contributed by atoms with E-state index in [0.717, 1.165) is 0 Å². The molecule has 0 spiro atoms. The number of hydrogen-bond donors (Lipinski definition) is 3. The number of imide groups is 1. The van der Waals surface area contributed by atoms with Gasteiger partial charge in [0.1, 0.15) is 6.04 Å². The van der Waals surface area contributed by atoms with Crippen molar-refractivity contribution in [1.29, 1.82) is 0 Å². The fourth-order valence-corrected chi connectivity index (χ4v) is 1.79. The Hall–Kier alpha value is -2.70. The lowest BCUT2D eigenvalue weighted by Crippen LogP contribution is -2.33. The minimum atomic E-state index is -0.848. The lowest BCUT2D eigenvalue weighted by atomic mass is 10.1. The molecule has 1 aliphatic rings. The van der Waals surface area contributed by atoms with Crippen LogP contribution in [-0.2, 0) is 9.59 Å². The average Bonchev–Trinajstić information content (AvgIpc) is 2.68. The summed E-state index contributed by atoms with van der Waals surface area (Å²) in [5.41, 5.74) is 1.06. The van der Waals surface area contributed by atoms with Gasteiger partial charge < -0.3 is 10.6 Å². The SMILES string of the molecule is CC(=O)c1ccc(NC(=O)CC2NC(=O)NC2=O)cc1. The quantitative estimate of drug-likeness (QED) is 0.547. The summed E-state index contributed by atoms with van der Waals surface area (Å²) < 4.78 is 0. The third-order valence-electron chi connectivity index (χ3n) is 2.82. The highest BCUT2D eigenvalue weighted by molar-refractivity contribution is 6.06. The number of ketones is 1. The molecule has 1 aliphatic heterocycles. The molecule has 0 bridgehead atoms. The summed E-state index contributed by atoms with van der Waals surface area (Å²) in [5, 5.41) is 6.98. The number of nitrogens with one attached hydrogen (secondary N) is 3. The predicted octanol–water partition coefficient (Wildman–Crippen LogP) is 0.426. The minimum absolute atomic E-state index is 0.0618. The van der Waals surface area contributed by atoms with Gasteiger partial charge >= 0.3 is 6.03 Å². The largest absolute Gasteiger partial charge is 0.326 e. The zero-order valence-electron chi connectivity index (χ0n) is 10.7. The number of urea groups is 1. The lowest BCUT2D eigenvalue weighted by molar-refractivity contribution is -0.124. The summed E-state index contributed by atoms with van der Waals surface area (Å²) in [7, 11) is 0. The zero-order chi connectivity index (χ0) is 14.7. The van der Waals surface area contributed by atoms with E-state index < -0.39 is 23.9 Å². The van der Waals surface area contributed by atoms with Gasteiger partial charge in [-0.05, 0) is 31.2 Å². The van der Waals surface area contributed by atoms with Crippen molar-refractivity contribution in [3.63, 3.8) is 0 Å². The highest BCUT2D eigenvalue weighted by Crippen LogP contribution is 2.11. The van der Waals surface area contributed by atoms with Gasteiger partial charge in [-0.15, -0.1) is 0 Å². The van der Waals surface area contributed by atoms with Crippen molar-refractivity contribution in [3.05, 3.63) is 29.8 Å². The van der Waals surface area contributed by atoms with E-state index in [4.69, 9.17) is 0 Å². The van der Waals surface area contributed by atoms with Crippen LogP contribution in [0.4, 0.5) is 10.5 Å². The van der Waals surface area contributed by atoms with Crippen molar-refractivity contribution in [1.82, 2.24) is 10.6 Å². The molecule has 1 fully saturated rings. The van der Waals surface area contributed by atoms with E-state index in [1.54, 1.807) is 24.3 Å². The second-order valence-corrected chi connectivity index (χ2v) is 4.40. The number of Topliss-reactive ketones (excluding diaryl/α,β-unsaturated/α-hetero) is 1. The Morgan fingerprint density at radius 3 is 2.35 bits per heavy atom. The molecule has 20 heavy (non-hydrogen) atoms. The Morgan fingerprint density at radius 2 is 1.85 bits per heavy atom. The normalized spacial score (nSPS) is 17.4. The number of benzene rings is 1. The number of carbonyl (C=O) groups is 4. The first-order valence-corrected chi connectivity index (χ1v) is 5.98. The Kier molecular flexibility index (Phi) is 3.79. The average molecular weight is 275 g/mol. The molecule has 104 valence electrons. The molecule has 7 nitrogen and oxygen atoms in total. The van der Waals surface area contributed by atoms with E-state index in [2.05, 4.69) is 10.6 Å². The molecule has 1 aromatic carbocycles. The molecular formula is C13H13N3O4. The van der Waals surface area contributed by atoms with Crippen molar-refractivity contribution in [2.45, 2.75) is 19.4 Å². The van der Waals surface area contributed by atoms with Gasteiger partial charge in [0.2, 0.25) is 5.91 Å².